The predicted molar refractivity (Wildman–Crippen MR) is 84.6 cm³/mol. The Balaban J connectivity index is 1.91. The van der Waals surface area contributed by atoms with Gasteiger partial charge >= 0.3 is 0 Å². The summed E-state index contributed by atoms with van der Waals surface area (Å²) in [6.07, 6.45) is 0. The molecule has 2 heterocycles. The molecule has 120 valence electrons. The molecule has 0 spiro atoms. The number of benzene rings is 1. The van der Waals surface area contributed by atoms with Gasteiger partial charge in [-0.2, -0.15) is 0 Å². The Kier molecular flexibility index (Phi) is 4.57. The molecule has 2 aliphatic rings. The van der Waals surface area contributed by atoms with Crippen LogP contribution in [0.25, 0.3) is 0 Å². The molecule has 2 aliphatic heterocycles. The molecule has 0 unspecified atom stereocenters. The van der Waals surface area contributed by atoms with E-state index in [2.05, 4.69) is 11.9 Å². The highest BCUT2D eigenvalue weighted by Gasteiger charge is 2.35. The third kappa shape index (κ3) is 3.07. The standard InChI is InChI=1S/C16H21ClN2O3/c1-18-6-11-7-19(13(8-18)10-22-9-11)16(20)14-4-3-12(17)5-15(14)21-2/h3-5,11,13H,6-10H2,1-2H3/t11-,13-/m0/s1. The van der Waals surface area contributed by atoms with Crippen molar-refractivity contribution in [3.63, 3.8) is 0 Å². The van der Waals surface area contributed by atoms with Gasteiger partial charge in [-0.3, -0.25) is 4.79 Å². The first kappa shape index (κ1) is 15.6. The first-order valence-electron chi connectivity index (χ1n) is 7.49. The number of carbonyl (C=O) groups is 1. The van der Waals surface area contributed by atoms with Crippen LogP contribution in [0.5, 0.6) is 5.75 Å². The van der Waals surface area contributed by atoms with Crippen LogP contribution in [0.3, 0.4) is 0 Å². The zero-order chi connectivity index (χ0) is 15.7. The Labute approximate surface area is 135 Å². The van der Waals surface area contributed by atoms with E-state index in [9.17, 15) is 4.79 Å². The minimum absolute atomic E-state index is 0.00989. The summed E-state index contributed by atoms with van der Waals surface area (Å²) in [6, 6.07) is 5.22. The van der Waals surface area contributed by atoms with Crippen molar-refractivity contribution >= 4 is 17.5 Å². The molecule has 1 amide bonds. The van der Waals surface area contributed by atoms with Gasteiger partial charge in [0.2, 0.25) is 0 Å². The molecule has 0 radical (unpaired) electrons. The van der Waals surface area contributed by atoms with E-state index in [1.807, 2.05) is 4.90 Å². The molecule has 0 saturated carbocycles. The van der Waals surface area contributed by atoms with Crippen LogP contribution in [0.2, 0.25) is 5.02 Å². The molecule has 2 fully saturated rings. The maximum absolute atomic E-state index is 13.0. The Bertz CT molecular complexity index is 566. The van der Waals surface area contributed by atoms with Crippen LogP contribution in [0.4, 0.5) is 0 Å². The highest BCUT2D eigenvalue weighted by molar-refractivity contribution is 6.30. The van der Waals surface area contributed by atoms with E-state index in [4.69, 9.17) is 21.1 Å². The molecule has 0 N–H and O–H groups in total. The van der Waals surface area contributed by atoms with Crippen LogP contribution in [0, 0.1) is 5.92 Å². The summed E-state index contributed by atoms with van der Waals surface area (Å²) in [6.45, 7) is 3.81. The molecule has 0 aromatic heterocycles. The summed E-state index contributed by atoms with van der Waals surface area (Å²) in [7, 11) is 3.66. The second kappa shape index (κ2) is 6.44. The van der Waals surface area contributed by atoms with Gasteiger partial charge < -0.3 is 19.3 Å². The molecular weight excluding hydrogens is 304 g/mol. The Morgan fingerprint density at radius 2 is 2.14 bits per heavy atom. The molecule has 5 nitrogen and oxygen atoms in total. The van der Waals surface area contributed by atoms with Gasteiger partial charge in [0.15, 0.2) is 0 Å². The van der Waals surface area contributed by atoms with Crippen LogP contribution in [-0.2, 0) is 4.74 Å². The van der Waals surface area contributed by atoms with Gasteiger partial charge in [0.05, 0.1) is 31.9 Å². The van der Waals surface area contributed by atoms with Crippen molar-refractivity contribution in [1.82, 2.24) is 9.80 Å². The third-order valence-electron chi connectivity index (χ3n) is 4.31. The minimum Gasteiger partial charge on any atom is -0.496 e. The summed E-state index contributed by atoms with van der Waals surface area (Å²) < 4.78 is 11.1. The van der Waals surface area contributed by atoms with Gasteiger partial charge in [0.1, 0.15) is 5.75 Å². The Morgan fingerprint density at radius 3 is 2.91 bits per heavy atom. The topological polar surface area (TPSA) is 42.0 Å². The molecular formula is C16H21ClN2O3. The summed E-state index contributed by atoms with van der Waals surface area (Å²) in [5, 5.41) is 0.561. The summed E-state index contributed by atoms with van der Waals surface area (Å²) in [5.41, 5.74) is 0.558. The largest absolute Gasteiger partial charge is 0.496 e. The molecule has 6 heteroatoms. The van der Waals surface area contributed by atoms with E-state index in [-0.39, 0.29) is 11.9 Å². The number of hydrogen-bond acceptors (Lipinski definition) is 4. The molecule has 2 saturated heterocycles. The van der Waals surface area contributed by atoms with E-state index < -0.39 is 0 Å². The van der Waals surface area contributed by atoms with Gasteiger partial charge in [-0.05, 0) is 25.2 Å². The fourth-order valence-electron chi connectivity index (χ4n) is 3.32. The van der Waals surface area contributed by atoms with E-state index in [1.165, 1.54) is 0 Å². The third-order valence-corrected chi connectivity index (χ3v) is 4.54. The number of amides is 1. The van der Waals surface area contributed by atoms with Gasteiger partial charge in [-0.15, -0.1) is 0 Å². The fourth-order valence-corrected chi connectivity index (χ4v) is 3.48. The number of rotatable bonds is 2. The molecule has 2 bridgehead atoms. The van der Waals surface area contributed by atoms with E-state index >= 15 is 0 Å². The van der Waals surface area contributed by atoms with E-state index in [0.29, 0.717) is 35.5 Å². The number of methoxy groups -OCH3 is 1. The molecule has 22 heavy (non-hydrogen) atoms. The molecule has 1 aromatic carbocycles. The van der Waals surface area contributed by atoms with Gasteiger partial charge in [0, 0.05) is 30.6 Å². The van der Waals surface area contributed by atoms with Gasteiger partial charge in [-0.1, -0.05) is 11.6 Å². The van der Waals surface area contributed by atoms with Crippen molar-refractivity contribution in [2.24, 2.45) is 5.92 Å². The number of likely N-dealkylation sites (N-methyl/N-ethyl adjacent to an activating group) is 1. The monoisotopic (exact) mass is 324 g/mol. The summed E-state index contributed by atoms with van der Waals surface area (Å²) in [4.78, 5) is 17.2. The zero-order valence-corrected chi connectivity index (χ0v) is 13.7. The van der Waals surface area contributed by atoms with E-state index in [0.717, 1.165) is 19.6 Å². The minimum atomic E-state index is -0.00989. The number of nitrogens with zero attached hydrogens (tertiary/aromatic N) is 2. The van der Waals surface area contributed by atoms with Crippen molar-refractivity contribution in [2.75, 3.05) is 47.0 Å². The molecule has 3 rings (SSSR count). The summed E-state index contributed by atoms with van der Waals surface area (Å²) >= 11 is 5.99. The quantitative estimate of drug-likeness (QED) is 0.831. The first-order valence-corrected chi connectivity index (χ1v) is 7.87. The zero-order valence-electron chi connectivity index (χ0n) is 12.9. The maximum Gasteiger partial charge on any atom is 0.258 e. The van der Waals surface area contributed by atoms with E-state index in [1.54, 1.807) is 25.3 Å². The molecule has 0 aliphatic carbocycles. The number of halogens is 1. The number of carbonyl (C=O) groups excluding carboxylic acids is 1. The lowest BCUT2D eigenvalue weighted by Gasteiger charge is -2.30. The van der Waals surface area contributed by atoms with Crippen LogP contribution in [0.1, 0.15) is 10.4 Å². The highest BCUT2D eigenvalue weighted by atomic mass is 35.5. The lowest BCUT2D eigenvalue weighted by Crippen LogP contribution is -2.46. The lowest BCUT2D eigenvalue weighted by molar-refractivity contribution is 0.0482. The van der Waals surface area contributed by atoms with Crippen LogP contribution in [-0.4, -0.2) is 68.8 Å². The lowest BCUT2D eigenvalue weighted by atomic mass is 10.1. The van der Waals surface area contributed by atoms with Crippen LogP contribution < -0.4 is 4.74 Å². The normalized spacial score (nSPS) is 25.7. The van der Waals surface area contributed by atoms with Gasteiger partial charge in [-0.25, -0.2) is 0 Å². The van der Waals surface area contributed by atoms with Crippen molar-refractivity contribution in [3.8, 4) is 5.75 Å². The second-order valence-electron chi connectivity index (χ2n) is 6.08. The van der Waals surface area contributed by atoms with Crippen molar-refractivity contribution in [2.45, 2.75) is 6.04 Å². The van der Waals surface area contributed by atoms with Crippen LogP contribution in [0.15, 0.2) is 18.2 Å². The molecule has 2 atom stereocenters. The average Bonchev–Trinajstić information content (AvgIpc) is 2.76. The number of ether oxygens (including phenoxy) is 2. The Hall–Kier alpha value is -1.30. The smallest absolute Gasteiger partial charge is 0.258 e. The highest BCUT2D eigenvalue weighted by Crippen LogP contribution is 2.27. The second-order valence-corrected chi connectivity index (χ2v) is 6.52. The maximum atomic E-state index is 13.0. The summed E-state index contributed by atoms with van der Waals surface area (Å²) in [5.74, 6) is 0.856. The number of fused-ring (bicyclic) bond motifs is 3. The number of hydrogen-bond donors (Lipinski definition) is 0. The van der Waals surface area contributed by atoms with Crippen molar-refractivity contribution in [3.05, 3.63) is 28.8 Å². The average molecular weight is 325 g/mol. The SMILES string of the molecule is COc1cc(Cl)ccc1C(=O)N1C[C@H]2COC[C@@H]1CN(C)C2. The van der Waals surface area contributed by atoms with Gasteiger partial charge in [0.25, 0.3) is 5.91 Å². The van der Waals surface area contributed by atoms with Crippen molar-refractivity contribution in [1.29, 1.82) is 0 Å². The Morgan fingerprint density at radius 1 is 1.32 bits per heavy atom. The first-order chi connectivity index (χ1) is 10.6. The predicted octanol–water partition coefficient (Wildman–Crippen LogP) is 1.75. The fraction of sp³-hybridized carbons (Fsp3) is 0.562. The van der Waals surface area contributed by atoms with Crippen LogP contribution >= 0.6 is 11.6 Å². The molecule has 1 aromatic rings. The van der Waals surface area contributed by atoms with Crippen molar-refractivity contribution < 1.29 is 14.3 Å².